The summed E-state index contributed by atoms with van der Waals surface area (Å²) in [5.74, 6) is 0.791. The molecule has 2 N–H and O–H groups in total. The Labute approximate surface area is 135 Å². The number of unbranched alkanes of at least 4 members (excludes halogenated alkanes) is 7. The lowest BCUT2D eigenvalue weighted by molar-refractivity contribution is 0.0956. The molecule has 0 fully saturated rings. The van der Waals surface area contributed by atoms with E-state index in [1.807, 2.05) is 0 Å². The van der Waals surface area contributed by atoms with E-state index in [1.165, 1.54) is 44.9 Å². The smallest absolute Gasteiger partial charge is 0.179 e. The molecule has 0 heterocycles. The molecule has 0 aliphatic carbocycles. The zero-order valence-corrected chi connectivity index (χ0v) is 14.1. The first-order valence-electron chi connectivity index (χ1n) is 8.63. The fourth-order valence-electron chi connectivity index (χ4n) is 2.60. The molecule has 0 saturated heterocycles. The highest BCUT2D eigenvalue weighted by molar-refractivity contribution is 6.00. The molecule has 1 aromatic rings. The summed E-state index contributed by atoms with van der Waals surface area (Å²) < 4.78 is 5.09. The monoisotopic (exact) mass is 305 g/mol. The van der Waals surface area contributed by atoms with E-state index in [9.17, 15) is 4.79 Å². The van der Waals surface area contributed by atoms with Crippen molar-refractivity contribution in [3.05, 3.63) is 29.8 Å². The second kappa shape index (κ2) is 11.2. The molecule has 22 heavy (non-hydrogen) atoms. The van der Waals surface area contributed by atoms with Crippen molar-refractivity contribution in [2.75, 3.05) is 7.11 Å². The number of hydrogen-bond donors (Lipinski definition) is 1. The number of hydrogen-bond acceptors (Lipinski definition) is 3. The third kappa shape index (κ3) is 7.08. The molecule has 0 aromatic heterocycles. The van der Waals surface area contributed by atoms with Crippen LogP contribution in [-0.4, -0.2) is 18.9 Å². The highest BCUT2D eigenvalue weighted by atomic mass is 16.5. The molecule has 0 bridgehead atoms. The first-order valence-corrected chi connectivity index (χ1v) is 8.63. The number of nitrogens with two attached hydrogens (primary N) is 1. The van der Waals surface area contributed by atoms with Crippen LogP contribution < -0.4 is 10.5 Å². The van der Waals surface area contributed by atoms with Gasteiger partial charge in [0.2, 0.25) is 0 Å². The zero-order valence-electron chi connectivity index (χ0n) is 14.1. The Morgan fingerprint density at radius 1 is 1.00 bits per heavy atom. The zero-order chi connectivity index (χ0) is 16.2. The number of benzene rings is 1. The number of Topliss-reactive ketones (excluding diaryl/α,β-unsaturated/α-hetero) is 1. The summed E-state index contributed by atoms with van der Waals surface area (Å²) in [6.45, 7) is 2.24. The van der Waals surface area contributed by atoms with Gasteiger partial charge in [0.05, 0.1) is 13.2 Å². The number of rotatable bonds is 12. The third-order valence-corrected chi connectivity index (χ3v) is 4.08. The second-order valence-electron chi connectivity index (χ2n) is 5.96. The summed E-state index contributed by atoms with van der Waals surface area (Å²) in [7, 11) is 1.62. The third-order valence-electron chi connectivity index (χ3n) is 4.08. The molecule has 0 aliphatic heterocycles. The van der Waals surface area contributed by atoms with E-state index in [0.29, 0.717) is 5.56 Å². The molecule has 0 radical (unpaired) electrons. The molecule has 124 valence electrons. The standard InChI is InChI=1S/C19H31NO2/c1-3-4-5-6-7-8-9-10-11-18(20)19(21)16-12-14-17(22-2)15-13-16/h12-15,18H,3-11,20H2,1-2H3. The van der Waals surface area contributed by atoms with E-state index < -0.39 is 0 Å². The number of ketones is 1. The number of methoxy groups -OCH3 is 1. The maximum atomic E-state index is 12.2. The van der Waals surface area contributed by atoms with Crippen molar-refractivity contribution < 1.29 is 9.53 Å². The minimum atomic E-state index is -0.381. The van der Waals surface area contributed by atoms with Crippen molar-refractivity contribution >= 4 is 5.78 Å². The topological polar surface area (TPSA) is 52.3 Å². The molecule has 1 rings (SSSR count). The van der Waals surface area contributed by atoms with Crippen molar-refractivity contribution in [3.8, 4) is 5.75 Å². The lowest BCUT2D eigenvalue weighted by Gasteiger charge is -2.11. The fraction of sp³-hybridized carbons (Fsp3) is 0.632. The van der Waals surface area contributed by atoms with Crippen molar-refractivity contribution in [1.82, 2.24) is 0 Å². The van der Waals surface area contributed by atoms with Crippen LogP contribution in [-0.2, 0) is 0 Å². The lowest BCUT2D eigenvalue weighted by atomic mass is 9.99. The Morgan fingerprint density at radius 2 is 1.55 bits per heavy atom. The summed E-state index contributed by atoms with van der Waals surface area (Å²) in [4.78, 5) is 12.2. The predicted molar refractivity (Wildman–Crippen MR) is 92.5 cm³/mol. The van der Waals surface area contributed by atoms with Crippen molar-refractivity contribution in [3.63, 3.8) is 0 Å². The van der Waals surface area contributed by atoms with Gasteiger partial charge in [0.25, 0.3) is 0 Å². The van der Waals surface area contributed by atoms with Crippen LogP contribution in [0.5, 0.6) is 5.75 Å². The van der Waals surface area contributed by atoms with Gasteiger partial charge >= 0.3 is 0 Å². The van der Waals surface area contributed by atoms with Gasteiger partial charge in [0.1, 0.15) is 5.75 Å². The molecular formula is C19H31NO2. The summed E-state index contributed by atoms with van der Waals surface area (Å²) >= 11 is 0. The summed E-state index contributed by atoms with van der Waals surface area (Å²) in [6, 6.07) is 6.80. The summed E-state index contributed by atoms with van der Waals surface area (Å²) in [5, 5.41) is 0. The van der Waals surface area contributed by atoms with Crippen molar-refractivity contribution in [1.29, 1.82) is 0 Å². The number of carbonyl (C=O) groups is 1. The van der Waals surface area contributed by atoms with E-state index in [2.05, 4.69) is 6.92 Å². The first-order chi connectivity index (χ1) is 10.7. The number of carbonyl (C=O) groups excluding carboxylic acids is 1. The molecule has 0 aliphatic rings. The molecule has 1 unspecified atom stereocenters. The normalized spacial score (nSPS) is 12.1. The highest BCUT2D eigenvalue weighted by Crippen LogP contribution is 2.15. The first kappa shape index (κ1) is 18.7. The van der Waals surface area contributed by atoms with Crippen LogP contribution in [0.15, 0.2) is 24.3 Å². The van der Waals surface area contributed by atoms with Gasteiger partial charge in [0, 0.05) is 5.56 Å². The van der Waals surface area contributed by atoms with E-state index >= 15 is 0 Å². The molecular weight excluding hydrogens is 274 g/mol. The Morgan fingerprint density at radius 3 is 2.09 bits per heavy atom. The minimum Gasteiger partial charge on any atom is -0.497 e. The van der Waals surface area contributed by atoms with Gasteiger partial charge in [-0.1, -0.05) is 58.3 Å². The van der Waals surface area contributed by atoms with Crippen LogP contribution >= 0.6 is 0 Å². The van der Waals surface area contributed by atoms with Gasteiger partial charge < -0.3 is 10.5 Å². The maximum Gasteiger partial charge on any atom is 0.179 e. The fourth-order valence-corrected chi connectivity index (χ4v) is 2.60. The maximum absolute atomic E-state index is 12.2. The van der Waals surface area contributed by atoms with E-state index in [-0.39, 0.29) is 11.8 Å². The van der Waals surface area contributed by atoms with Crippen LogP contribution in [0.3, 0.4) is 0 Å². The van der Waals surface area contributed by atoms with Crippen LogP contribution in [0, 0.1) is 0 Å². The average Bonchev–Trinajstić information content (AvgIpc) is 2.56. The van der Waals surface area contributed by atoms with Crippen LogP contribution in [0.1, 0.15) is 75.1 Å². The van der Waals surface area contributed by atoms with Gasteiger partial charge in [-0.05, 0) is 30.7 Å². The Bertz CT molecular complexity index is 414. The second-order valence-corrected chi connectivity index (χ2v) is 5.96. The summed E-state index contributed by atoms with van der Waals surface area (Å²) in [6.07, 6.45) is 10.9. The highest BCUT2D eigenvalue weighted by Gasteiger charge is 2.15. The van der Waals surface area contributed by atoms with E-state index in [0.717, 1.165) is 18.6 Å². The lowest BCUT2D eigenvalue weighted by Crippen LogP contribution is -2.30. The van der Waals surface area contributed by atoms with Gasteiger partial charge in [0.15, 0.2) is 5.78 Å². The Hall–Kier alpha value is -1.35. The van der Waals surface area contributed by atoms with Crippen LogP contribution in [0.4, 0.5) is 0 Å². The van der Waals surface area contributed by atoms with Crippen molar-refractivity contribution in [2.24, 2.45) is 5.73 Å². The van der Waals surface area contributed by atoms with Crippen LogP contribution in [0.2, 0.25) is 0 Å². The van der Waals surface area contributed by atoms with Gasteiger partial charge in [-0.25, -0.2) is 0 Å². The molecule has 0 amide bonds. The SMILES string of the molecule is CCCCCCCCCCC(N)C(=O)c1ccc(OC)cc1. The molecule has 1 aromatic carbocycles. The summed E-state index contributed by atoms with van der Waals surface area (Å²) in [5.41, 5.74) is 6.69. The largest absolute Gasteiger partial charge is 0.497 e. The predicted octanol–water partition coefficient (Wildman–Crippen LogP) is 4.74. The molecule has 0 saturated carbocycles. The molecule has 3 heteroatoms. The van der Waals surface area contributed by atoms with Crippen LogP contribution in [0.25, 0.3) is 0 Å². The average molecular weight is 305 g/mol. The minimum absolute atomic E-state index is 0.0330. The molecule has 1 atom stereocenters. The van der Waals surface area contributed by atoms with E-state index in [1.54, 1.807) is 31.4 Å². The van der Waals surface area contributed by atoms with E-state index in [4.69, 9.17) is 10.5 Å². The number of ether oxygens (including phenoxy) is 1. The molecule has 3 nitrogen and oxygen atoms in total. The quantitative estimate of drug-likeness (QED) is 0.448. The molecule has 0 spiro atoms. The van der Waals surface area contributed by atoms with Gasteiger partial charge in [-0.15, -0.1) is 0 Å². The van der Waals surface area contributed by atoms with Gasteiger partial charge in [-0.3, -0.25) is 4.79 Å². The van der Waals surface area contributed by atoms with Crippen molar-refractivity contribution in [2.45, 2.75) is 70.8 Å². The Kier molecular flexibility index (Phi) is 9.56. The van der Waals surface area contributed by atoms with Gasteiger partial charge in [-0.2, -0.15) is 0 Å². The Balaban J connectivity index is 2.18.